The number of allylic oxidation sites excluding steroid dienone is 2. The molecule has 1 aromatic heterocycles. The Balaban J connectivity index is 2.35. The van der Waals surface area contributed by atoms with Gasteiger partial charge in [-0.15, -0.1) is 17.9 Å². The molecule has 1 aromatic rings. The lowest BCUT2D eigenvalue weighted by molar-refractivity contribution is -0.234. The lowest BCUT2D eigenvalue weighted by Crippen LogP contribution is -2.51. The van der Waals surface area contributed by atoms with Crippen LogP contribution in [0.4, 0.5) is 0 Å². The summed E-state index contributed by atoms with van der Waals surface area (Å²) in [6.45, 7) is 13.0. The third-order valence-corrected chi connectivity index (χ3v) is 8.52. The van der Waals surface area contributed by atoms with Gasteiger partial charge in [-0.05, 0) is 64.9 Å². The Bertz CT molecular complexity index is 1010. The molecule has 0 saturated heterocycles. The standard InChI is InChI=1S/C29H43ClN2O4S/c1-7-8-12-23-27(34)28(5,6)16-15-26(33)32-25(24(30)17-22-18-37-21(4)31-22)14-13-19(2)10-9-11-20(3)29(23,35)36/h7,13,17-18,20,23,25,35-36H,1,8-12,14-16H2,2-6H3,(H,32,33). The zero-order valence-electron chi connectivity index (χ0n) is 22.8. The number of Topliss-reactive ketones (excluding diaryl/α,β-unsaturated/α-hetero) is 1. The summed E-state index contributed by atoms with van der Waals surface area (Å²) in [6, 6.07) is -0.403. The Morgan fingerprint density at radius 1 is 1.30 bits per heavy atom. The van der Waals surface area contributed by atoms with Gasteiger partial charge >= 0.3 is 0 Å². The smallest absolute Gasteiger partial charge is 0.220 e. The highest BCUT2D eigenvalue weighted by Crippen LogP contribution is 2.38. The van der Waals surface area contributed by atoms with Crippen LogP contribution in [0.3, 0.4) is 0 Å². The van der Waals surface area contributed by atoms with E-state index in [4.69, 9.17) is 11.6 Å². The van der Waals surface area contributed by atoms with E-state index >= 15 is 0 Å². The van der Waals surface area contributed by atoms with Crippen molar-refractivity contribution in [2.75, 3.05) is 0 Å². The molecule has 2 heterocycles. The monoisotopic (exact) mass is 550 g/mol. The van der Waals surface area contributed by atoms with E-state index in [0.29, 0.717) is 30.7 Å². The van der Waals surface area contributed by atoms with Gasteiger partial charge in [0, 0.05) is 28.2 Å². The number of hydrogen-bond acceptors (Lipinski definition) is 6. The Morgan fingerprint density at radius 2 is 2.00 bits per heavy atom. The Labute approximate surface area is 230 Å². The maximum atomic E-state index is 13.6. The molecular formula is C29H43ClN2O4S. The molecule has 1 aliphatic rings. The van der Waals surface area contributed by atoms with Crippen molar-refractivity contribution >= 4 is 40.7 Å². The van der Waals surface area contributed by atoms with E-state index < -0.39 is 29.1 Å². The maximum absolute atomic E-state index is 13.6. The molecule has 0 aliphatic carbocycles. The number of aromatic nitrogens is 1. The van der Waals surface area contributed by atoms with Gasteiger partial charge in [0.05, 0.1) is 22.7 Å². The van der Waals surface area contributed by atoms with Gasteiger partial charge in [-0.25, -0.2) is 4.98 Å². The van der Waals surface area contributed by atoms with Gasteiger partial charge in [0.2, 0.25) is 5.91 Å². The first-order valence-corrected chi connectivity index (χ1v) is 14.4. The summed E-state index contributed by atoms with van der Waals surface area (Å²) in [5.41, 5.74) is 0.979. The van der Waals surface area contributed by atoms with E-state index in [1.807, 2.05) is 19.2 Å². The quantitative estimate of drug-likeness (QED) is 0.294. The first-order valence-electron chi connectivity index (χ1n) is 13.1. The van der Waals surface area contributed by atoms with E-state index in [-0.39, 0.29) is 24.5 Å². The van der Waals surface area contributed by atoms with Crippen LogP contribution in [0.5, 0.6) is 0 Å². The van der Waals surface area contributed by atoms with Gasteiger partial charge in [-0.3, -0.25) is 9.59 Å². The van der Waals surface area contributed by atoms with Crippen LogP contribution >= 0.6 is 22.9 Å². The number of aryl methyl sites for hydroxylation is 1. The zero-order valence-corrected chi connectivity index (χ0v) is 24.4. The fraction of sp³-hybridized carbons (Fsp3) is 0.621. The lowest BCUT2D eigenvalue weighted by atomic mass is 9.70. The second-order valence-corrected chi connectivity index (χ2v) is 12.5. The van der Waals surface area contributed by atoms with Gasteiger partial charge < -0.3 is 15.5 Å². The van der Waals surface area contributed by atoms with Gasteiger partial charge in [-0.1, -0.05) is 50.1 Å². The third kappa shape index (κ3) is 9.17. The SMILES string of the molecule is C=CCCC1C(=O)C(C)(C)CCC(=O)NC(C(Cl)=Cc2csc(C)n2)CC=C(C)CCCC(C)C1(O)O. The summed E-state index contributed by atoms with van der Waals surface area (Å²) >= 11 is 8.22. The Hall–Kier alpha value is -1.80. The van der Waals surface area contributed by atoms with Crippen LogP contribution in [0.2, 0.25) is 0 Å². The molecule has 3 atom stereocenters. The fourth-order valence-corrected chi connectivity index (χ4v) is 5.53. The number of nitrogens with one attached hydrogen (secondary N) is 1. The van der Waals surface area contributed by atoms with Crippen molar-refractivity contribution in [3.8, 4) is 0 Å². The molecule has 0 spiro atoms. The molecule has 1 aliphatic heterocycles. The number of amides is 1. The normalized spacial score (nSPS) is 26.3. The molecule has 3 unspecified atom stereocenters. The number of aliphatic hydroxyl groups is 2. The summed E-state index contributed by atoms with van der Waals surface area (Å²) in [5, 5.41) is 28.7. The van der Waals surface area contributed by atoms with Crippen LogP contribution in [0.15, 0.2) is 34.7 Å². The molecule has 0 radical (unpaired) electrons. The minimum Gasteiger partial charge on any atom is -0.365 e. The van der Waals surface area contributed by atoms with Gasteiger partial charge in [0.15, 0.2) is 5.79 Å². The predicted molar refractivity (Wildman–Crippen MR) is 152 cm³/mol. The molecule has 37 heavy (non-hydrogen) atoms. The van der Waals surface area contributed by atoms with Crippen LogP contribution in [-0.2, 0) is 9.59 Å². The minimum atomic E-state index is -2.13. The Morgan fingerprint density at radius 3 is 2.62 bits per heavy atom. The molecule has 1 amide bonds. The molecule has 6 nitrogen and oxygen atoms in total. The molecule has 8 heteroatoms. The molecule has 0 fully saturated rings. The van der Waals surface area contributed by atoms with Crippen LogP contribution < -0.4 is 5.32 Å². The van der Waals surface area contributed by atoms with E-state index in [9.17, 15) is 19.8 Å². The van der Waals surface area contributed by atoms with Gasteiger partial charge in [0.1, 0.15) is 5.78 Å². The number of nitrogens with zero attached hydrogens (tertiary/aromatic N) is 1. The van der Waals surface area contributed by atoms with Crippen molar-refractivity contribution < 1.29 is 19.8 Å². The highest BCUT2D eigenvalue weighted by atomic mass is 35.5. The molecule has 0 saturated carbocycles. The number of hydrogen-bond donors (Lipinski definition) is 3. The van der Waals surface area contributed by atoms with Gasteiger partial charge in [-0.2, -0.15) is 0 Å². The Kier molecular flexibility index (Phi) is 11.7. The minimum absolute atomic E-state index is 0.117. The number of carbonyl (C=O) groups is 2. The highest BCUT2D eigenvalue weighted by Gasteiger charge is 2.47. The van der Waals surface area contributed by atoms with Crippen molar-refractivity contribution in [3.63, 3.8) is 0 Å². The number of ketones is 1. The molecule has 0 bridgehead atoms. The average Bonchev–Trinajstić information content (AvgIpc) is 3.23. The number of halogens is 1. The van der Waals surface area contributed by atoms with E-state index in [2.05, 4.69) is 23.0 Å². The zero-order chi connectivity index (χ0) is 27.8. The van der Waals surface area contributed by atoms with Crippen LogP contribution in [0.1, 0.15) is 89.8 Å². The summed E-state index contributed by atoms with van der Waals surface area (Å²) in [7, 11) is 0. The summed E-state index contributed by atoms with van der Waals surface area (Å²) in [5.74, 6) is -4.03. The molecule has 0 aromatic carbocycles. The number of rotatable bonds is 5. The predicted octanol–water partition coefficient (Wildman–Crippen LogP) is 6.31. The second kappa shape index (κ2) is 13.8. The topological polar surface area (TPSA) is 99.5 Å². The number of carbonyl (C=O) groups excluding carboxylic acids is 2. The molecule has 2 rings (SSSR count). The summed E-state index contributed by atoms with van der Waals surface area (Å²) in [4.78, 5) is 31.1. The van der Waals surface area contributed by atoms with Crippen LogP contribution in [0.25, 0.3) is 6.08 Å². The molecular weight excluding hydrogens is 508 g/mol. The third-order valence-electron chi connectivity index (χ3n) is 7.36. The summed E-state index contributed by atoms with van der Waals surface area (Å²) in [6.07, 6.45) is 9.36. The van der Waals surface area contributed by atoms with E-state index in [1.165, 1.54) is 11.3 Å². The second-order valence-electron chi connectivity index (χ2n) is 11.0. The van der Waals surface area contributed by atoms with E-state index in [0.717, 1.165) is 29.1 Å². The number of thiazole rings is 1. The summed E-state index contributed by atoms with van der Waals surface area (Å²) < 4.78 is 0. The van der Waals surface area contributed by atoms with Crippen LogP contribution in [0, 0.1) is 24.2 Å². The molecule has 3 N–H and O–H groups in total. The van der Waals surface area contributed by atoms with E-state index in [1.54, 1.807) is 32.9 Å². The largest absolute Gasteiger partial charge is 0.365 e. The van der Waals surface area contributed by atoms with Crippen molar-refractivity contribution in [2.45, 2.75) is 97.8 Å². The van der Waals surface area contributed by atoms with Crippen molar-refractivity contribution in [1.29, 1.82) is 0 Å². The lowest BCUT2D eigenvalue weighted by Gasteiger charge is -2.39. The highest BCUT2D eigenvalue weighted by molar-refractivity contribution is 7.09. The molecule has 206 valence electrons. The van der Waals surface area contributed by atoms with Crippen LogP contribution in [-0.4, -0.2) is 38.7 Å². The average molecular weight is 551 g/mol. The fourth-order valence-electron chi connectivity index (χ4n) is 4.70. The van der Waals surface area contributed by atoms with Crippen molar-refractivity contribution in [1.82, 2.24) is 10.3 Å². The van der Waals surface area contributed by atoms with Gasteiger partial charge in [0.25, 0.3) is 0 Å². The first kappa shape index (κ1) is 31.4. The van der Waals surface area contributed by atoms with Crippen molar-refractivity contribution in [3.05, 3.63) is 45.4 Å². The first-order chi connectivity index (χ1) is 17.3. The van der Waals surface area contributed by atoms with Crippen molar-refractivity contribution in [2.24, 2.45) is 17.3 Å². The maximum Gasteiger partial charge on any atom is 0.220 e.